The minimum atomic E-state index is -1.02. The van der Waals surface area contributed by atoms with Gasteiger partial charge in [-0.1, -0.05) is 19.1 Å². The Bertz CT molecular complexity index is 911. The van der Waals surface area contributed by atoms with Crippen LogP contribution in [0.3, 0.4) is 0 Å². The van der Waals surface area contributed by atoms with Crippen molar-refractivity contribution in [3.8, 4) is 5.75 Å². The van der Waals surface area contributed by atoms with Gasteiger partial charge in [0.25, 0.3) is 0 Å². The Hall–Kier alpha value is -3.30. The van der Waals surface area contributed by atoms with E-state index in [-0.39, 0.29) is 37.3 Å². The first kappa shape index (κ1) is 27.9. The maximum atomic E-state index is 13.6. The number of benzene rings is 1. The molecule has 0 aliphatic heterocycles. The van der Waals surface area contributed by atoms with Crippen molar-refractivity contribution < 1.29 is 33.8 Å². The number of rotatable bonds is 10. The fourth-order valence-corrected chi connectivity index (χ4v) is 3.65. The molecule has 4 atom stereocenters. The van der Waals surface area contributed by atoms with E-state index in [0.717, 1.165) is 0 Å². The average molecular weight is 492 g/mol. The van der Waals surface area contributed by atoms with Crippen LogP contribution in [0.4, 0.5) is 4.79 Å². The molecule has 0 aromatic heterocycles. The molecule has 1 aromatic carbocycles. The maximum absolute atomic E-state index is 13.6. The lowest BCUT2D eigenvalue weighted by Gasteiger charge is -2.34. The lowest BCUT2D eigenvalue weighted by Crippen LogP contribution is -2.53. The molecule has 10 nitrogen and oxygen atoms in total. The van der Waals surface area contributed by atoms with E-state index in [9.17, 15) is 24.3 Å². The second-order valence-electron chi connectivity index (χ2n) is 9.73. The standard InChI is InChI=1S/C25H37N3O7/c1-7-34-20(30)12-13-26-22(31)21(17-8-10-18(29)11-9-17)28(19-14-15(19)2)23(32)16(3)27-24(33)35-25(4,5)6/h8-11,15-16,19,21,29H,7,12-14H2,1-6H3,(H,26,31)(H,27,33). The number of phenolic OH excluding ortho intramolecular Hbond substituents is 1. The Labute approximate surface area is 206 Å². The van der Waals surface area contributed by atoms with Gasteiger partial charge in [0.05, 0.1) is 13.0 Å². The van der Waals surface area contributed by atoms with Gasteiger partial charge in [0.1, 0.15) is 23.4 Å². The predicted octanol–water partition coefficient (Wildman–Crippen LogP) is 2.65. The number of hydrogen-bond donors (Lipinski definition) is 3. The molecule has 10 heteroatoms. The largest absolute Gasteiger partial charge is 0.508 e. The minimum Gasteiger partial charge on any atom is -0.508 e. The molecular weight excluding hydrogens is 454 g/mol. The molecule has 2 rings (SSSR count). The molecule has 1 saturated carbocycles. The first-order chi connectivity index (χ1) is 16.3. The van der Waals surface area contributed by atoms with E-state index >= 15 is 0 Å². The Morgan fingerprint density at radius 2 is 1.77 bits per heavy atom. The highest BCUT2D eigenvalue weighted by atomic mass is 16.6. The molecule has 194 valence electrons. The van der Waals surface area contributed by atoms with Crippen LogP contribution >= 0.6 is 0 Å². The van der Waals surface area contributed by atoms with Crippen molar-refractivity contribution in [2.45, 2.75) is 78.1 Å². The third-order valence-electron chi connectivity index (χ3n) is 5.45. The van der Waals surface area contributed by atoms with Gasteiger partial charge in [0, 0.05) is 12.6 Å². The van der Waals surface area contributed by atoms with Crippen LogP contribution in [-0.2, 0) is 23.9 Å². The van der Waals surface area contributed by atoms with Crippen molar-refractivity contribution >= 4 is 23.9 Å². The van der Waals surface area contributed by atoms with Crippen molar-refractivity contribution in [2.24, 2.45) is 5.92 Å². The zero-order chi connectivity index (χ0) is 26.3. The van der Waals surface area contributed by atoms with E-state index in [4.69, 9.17) is 9.47 Å². The van der Waals surface area contributed by atoms with Crippen LogP contribution in [0.5, 0.6) is 5.75 Å². The summed E-state index contributed by atoms with van der Waals surface area (Å²) in [4.78, 5) is 52.4. The molecule has 0 heterocycles. The van der Waals surface area contributed by atoms with E-state index in [1.807, 2.05) is 6.92 Å². The summed E-state index contributed by atoms with van der Waals surface area (Å²) in [6.07, 6.45) is -0.0378. The van der Waals surface area contributed by atoms with Crippen LogP contribution in [0.2, 0.25) is 0 Å². The van der Waals surface area contributed by atoms with Crippen LogP contribution < -0.4 is 10.6 Å². The molecule has 1 aliphatic rings. The normalized spacial score (nSPS) is 18.6. The molecule has 1 fully saturated rings. The number of alkyl carbamates (subject to hydrolysis) is 1. The number of nitrogens with zero attached hydrogens (tertiary/aromatic N) is 1. The molecule has 1 aromatic rings. The van der Waals surface area contributed by atoms with E-state index in [2.05, 4.69) is 10.6 Å². The van der Waals surface area contributed by atoms with E-state index in [0.29, 0.717) is 12.0 Å². The zero-order valence-corrected chi connectivity index (χ0v) is 21.3. The van der Waals surface area contributed by atoms with Crippen LogP contribution in [-0.4, -0.2) is 64.7 Å². The Balaban J connectivity index is 2.29. The van der Waals surface area contributed by atoms with Gasteiger partial charge in [0.15, 0.2) is 0 Å². The second-order valence-corrected chi connectivity index (χ2v) is 9.73. The Morgan fingerprint density at radius 3 is 2.29 bits per heavy atom. The SMILES string of the molecule is CCOC(=O)CCNC(=O)C(c1ccc(O)cc1)N(C(=O)C(C)NC(=O)OC(C)(C)C)C1CC1C. The summed E-state index contributed by atoms with van der Waals surface area (Å²) in [7, 11) is 0. The summed E-state index contributed by atoms with van der Waals surface area (Å²) in [6, 6.07) is 3.84. The molecule has 35 heavy (non-hydrogen) atoms. The van der Waals surface area contributed by atoms with Crippen molar-refractivity contribution in [3.05, 3.63) is 29.8 Å². The number of aromatic hydroxyl groups is 1. The third-order valence-corrected chi connectivity index (χ3v) is 5.45. The number of hydrogen-bond acceptors (Lipinski definition) is 7. The monoisotopic (exact) mass is 491 g/mol. The van der Waals surface area contributed by atoms with Gasteiger partial charge in [-0.15, -0.1) is 0 Å². The first-order valence-corrected chi connectivity index (χ1v) is 11.9. The molecule has 1 aliphatic carbocycles. The minimum absolute atomic E-state index is 0.00768. The smallest absolute Gasteiger partial charge is 0.408 e. The van der Waals surface area contributed by atoms with Crippen LogP contribution in [0.25, 0.3) is 0 Å². The average Bonchev–Trinajstić information content (AvgIpc) is 3.46. The maximum Gasteiger partial charge on any atom is 0.408 e. The van der Waals surface area contributed by atoms with Gasteiger partial charge in [-0.2, -0.15) is 0 Å². The number of ether oxygens (including phenoxy) is 2. The lowest BCUT2D eigenvalue weighted by atomic mass is 10.0. The summed E-state index contributed by atoms with van der Waals surface area (Å²) in [5.41, 5.74) is -0.237. The summed E-state index contributed by atoms with van der Waals surface area (Å²) in [5.74, 6) is -1.17. The van der Waals surface area contributed by atoms with Gasteiger partial charge in [0.2, 0.25) is 11.8 Å². The molecular formula is C25H37N3O7. The first-order valence-electron chi connectivity index (χ1n) is 11.9. The number of esters is 1. The topological polar surface area (TPSA) is 134 Å². The van der Waals surface area contributed by atoms with Crippen LogP contribution in [0, 0.1) is 5.92 Å². The Morgan fingerprint density at radius 1 is 1.17 bits per heavy atom. The van der Waals surface area contributed by atoms with E-state index < -0.39 is 41.6 Å². The van der Waals surface area contributed by atoms with Gasteiger partial charge in [-0.05, 0) is 64.7 Å². The van der Waals surface area contributed by atoms with Gasteiger partial charge < -0.3 is 30.1 Å². The Kier molecular flexibility index (Phi) is 9.50. The molecule has 0 spiro atoms. The van der Waals surface area contributed by atoms with Gasteiger partial charge >= 0.3 is 12.1 Å². The fourth-order valence-electron chi connectivity index (χ4n) is 3.65. The van der Waals surface area contributed by atoms with Crippen molar-refractivity contribution in [1.82, 2.24) is 15.5 Å². The zero-order valence-electron chi connectivity index (χ0n) is 21.3. The quantitative estimate of drug-likeness (QED) is 0.428. The fraction of sp³-hybridized carbons (Fsp3) is 0.600. The lowest BCUT2D eigenvalue weighted by molar-refractivity contribution is -0.144. The molecule has 0 bridgehead atoms. The van der Waals surface area contributed by atoms with Crippen molar-refractivity contribution in [3.63, 3.8) is 0 Å². The number of phenols is 1. The molecule has 4 unspecified atom stereocenters. The van der Waals surface area contributed by atoms with Crippen molar-refractivity contribution in [2.75, 3.05) is 13.2 Å². The summed E-state index contributed by atoms with van der Waals surface area (Å²) < 4.78 is 10.2. The number of carbonyl (C=O) groups is 4. The van der Waals surface area contributed by atoms with Crippen LogP contribution in [0.1, 0.15) is 66.0 Å². The molecule has 3 amide bonds. The highest BCUT2D eigenvalue weighted by Gasteiger charge is 2.47. The number of carbonyl (C=O) groups excluding carboxylic acids is 4. The number of nitrogens with one attached hydrogen (secondary N) is 2. The second kappa shape index (κ2) is 11.9. The van der Waals surface area contributed by atoms with E-state index in [1.165, 1.54) is 17.0 Å². The molecule has 3 N–H and O–H groups in total. The van der Waals surface area contributed by atoms with E-state index in [1.54, 1.807) is 46.8 Å². The summed E-state index contributed by atoms with van der Waals surface area (Å²) in [6.45, 7) is 10.7. The highest BCUT2D eigenvalue weighted by Crippen LogP contribution is 2.40. The number of amides is 3. The van der Waals surface area contributed by atoms with Crippen molar-refractivity contribution in [1.29, 1.82) is 0 Å². The summed E-state index contributed by atoms with van der Waals surface area (Å²) >= 11 is 0. The third kappa shape index (κ3) is 8.45. The molecule has 0 saturated heterocycles. The predicted molar refractivity (Wildman–Crippen MR) is 128 cm³/mol. The highest BCUT2D eigenvalue weighted by molar-refractivity contribution is 5.92. The summed E-state index contributed by atoms with van der Waals surface area (Å²) in [5, 5.41) is 15.0. The van der Waals surface area contributed by atoms with Gasteiger partial charge in [-0.3, -0.25) is 14.4 Å². The molecule has 0 radical (unpaired) electrons. The van der Waals surface area contributed by atoms with Gasteiger partial charge in [-0.25, -0.2) is 4.79 Å². The van der Waals surface area contributed by atoms with Crippen LogP contribution in [0.15, 0.2) is 24.3 Å².